The lowest BCUT2D eigenvalue weighted by Crippen LogP contribution is -2.24. The number of nitrogens with one attached hydrogen (secondary N) is 2. The molecule has 1 aliphatic rings. The third-order valence-electron chi connectivity index (χ3n) is 6.98. The molecule has 3 heterocycles. The first-order chi connectivity index (χ1) is 17.9. The minimum Gasteiger partial charge on any atom is -0.396 e. The molecule has 8 heteroatoms. The third-order valence-corrected chi connectivity index (χ3v) is 8.03. The Morgan fingerprint density at radius 1 is 1.05 bits per heavy atom. The molecule has 1 fully saturated rings. The molecule has 37 heavy (non-hydrogen) atoms. The molecule has 0 bridgehead atoms. The molecule has 1 aliphatic carbocycles. The molecule has 0 aliphatic heterocycles. The Labute approximate surface area is 223 Å². The van der Waals surface area contributed by atoms with Gasteiger partial charge in [0.25, 0.3) is 0 Å². The van der Waals surface area contributed by atoms with E-state index < -0.39 is 0 Å². The summed E-state index contributed by atoms with van der Waals surface area (Å²) in [4.78, 5) is 18.9. The summed E-state index contributed by atoms with van der Waals surface area (Å²) in [6.07, 6.45) is 5.52. The lowest BCUT2D eigenvalue weighted by Gasteiger charge is -2.22. The summed E-state index contributed by atoms with van der Waals surface area (Å²) in [6, 6.07) is 10.8. The van der Waals surface area contributed by atoms with Gasteiger partial charge in [0, 0.05) is 18.8 Å². The van der Waals surface area contributed by atoms with E-state index in [1.807, 2.05) is 26.8 Å². The van der Waals surface area contributed by atoms with Gasteiger partial charge in [-0.1, -0.05) is 50.6 Å². The van der Waals surface area contributed by atoms with Gasteiger partial charge >= 0.3 is 0 Å². The van der Waals surface area contributed by atoms with E-state index in [4.69, 9.17) is 15.0 Å². The molecule has 4 aromatic rings. The van der Waals surface area contributed by atoms with Gasteiger partial charge in [-0.3, -0.25) is 4.98 Å². The standard InChI is InChI=1S/C27H32N6OS.C2H6/c1-15-5-7-20(8-6-15)17(3)29-27-30-18(4)24(26-32-22-13-28-10-9-23(22)35-26)25(33-27)31-21-12-19(14-34)11-16(21)2;1-2/h5-10,13,16-17,19,21,34H,11-12,14H2,1-4H3,(H2,29,30,31,33);1-2H3/t16-,17+,19?,21?;/m0./s1. The summed E-state index contributed by atoms with van der Waals surface area (Å²) in [6.45, 7) is 12.7. The minimum absolute atomic E-state index is 0.0615. The van der Waals surface area contributed by atoms with E-state index in [2.05, 4.69) is 60.7 Å². The molecule has 196 valence electrons. The van der Waals surface area contributed by atoms with Gasteiger partial charge in [-0.05, 0) is 57.1 Å². The largest absolute Gasteiger partial charge is 0.396 e. The van der Waals surface area contributed by atoms with Crippen LogP contribution in [0.15, 0.2) is 42.7 Å². The zero-order valence-electron chi connectivity index (χ0n) is 22.6. The summed E-state index contributed by atoms with van der Waals surface area (Å²) in [5.74, 6) is 2.15. The van der Waals surface area contributed by atoms with Crippen molar-refractivity contribution in [3.05, 3.63) is 59.5 Å². The maximum Gasteiger partial charge on any atom is 0.225 e. The fourth-order valence-electron chi connectivity index (χ4n) is 4.92. The summed E-state index contributed by atoms with van der Waals surface area (Å²) >= 11 is 1.63. The van der Waals surface area contributed by atoms with Crippen LogP contribution in [-0.4, -0.2) is 37.7 Å². The smallest absolute Gasteiger partial charge is 0.225 e. The maximum atomic E-state index is 9.72. The molecule has 0 saturated heterocycles. The molecule has 5 rings (SSSR count). The summed E-state index contributed by atoms with van der Waals surface area (Å²) < 4.78 is 1.09. The highest BCUT2D eigenvalue weighted by Gasteiger charge is 2.32. The van der Waals surface area contributed by atoms with Crippen LogP contribution < -0.4 is 10.6 Å². The number of benzene rings is 1. The number of thiazole rings is 1. The van der Waals surface area contributed by atoms with E-state index in [9.17, 15) is 5.11 Å². The lowest BCUT2D eigenvalue weighted by atomic mass is 10.1. The number of rotatable bonds is 7. The van der Waals surface area contributed by atoms with Gasteiger partial charge in [0.05, 0.1) is 28.2 Å². The number of fused-ring (bicyclic) bond motifs is 1. The number of anilines is 2. The SMILES string of the molecule is CC.Cc1ccc([C@@H](C)Nc2nc(C)c(-c3nc4cnccc4s3)c(NC3CC(CO)C[C@@H]3C)n2)cc1. The number of aromatic nitrogens is 4. The number of aliphatic hydroxyl groups is 1. The number of hydrogen-bond acceptors (Lipinski definition) is 8. The molecule has 7 nitrogen and oxygen atoms in total. The van der Waals surface area contributed by atoms with Gasteiger partial charge in [0.2, 0.25) is 5.95 Å². The van der Waals surface area contributed by atoms with Crippen molar-refractivity contribution in [2.24, 2.45) is 11.8 Å². The van der Waals surface area contributed by atoms with E-state index in [0.717, 1.165) is 45.1 Å². The predicted octanol–water partition coefficient (Wildman–Crippen LogP) is 6.78. The van der Waals surface area contributed by atoms with Gasteiger partial charge in [-0.25, -0.2) is 9.97 Å². The Morgan fingerprint density at radius 2 is 1.81 bits per heavy atom. The fourth-order valence-corrected chi connectivity index (χ4v) is 5.95. The van der Waals surface area contributed by atoms with Gasteiger partial charge in [0.15, 0.2) is 0 Å². The van der Waals surface area contributed by atoms with Gasteiger partial charge in [-0.15, -0.1) is 11.3 Å². The van der Waals surface area contributed by atoms with Crippen LogP contribution in [0.5, 0.6) is 0 Å². The zero-order chi connectivity index (χ0) is 26.5. The Hall–Kier alpha value is -3.10. The van der Waals surface area contributed by atoms with Crippen molar-refractivity contribution in [1.82, 2.24) is 19.9 Å². The van der Waals surface area contributed by atoms with Crippen molar-refractivity contribution in [3.63, 3.8) is 0 Å². The van der Waals surface area contributed by atoms with Gasteiger partial charge in [0.1, 0.15) is 16.3 Å². The van der Waals surface area contributed by atoms with Crippen LogP contribution in [0.2, 0.25) is 0 Å². The molecule has 0 amide bonds. The summed E-state index contributed by atoms with van der Waals surface area (Å²) in [5, 5.41) is 17.8. The average Bonchev–Trinajstić information content (AvgIpc) is 3.48. The molecule has 1 aromatic carbocycles. The zero-order valence-corrected chi connectivity index (χ0v) is 23.4. The minimum atomic E-state index is 0.0615. The van der Waals surface area contributed by atoms with Crippen LogP contribution in [0.4, 0.5) is 11.8 Å². The van der Waals surface area contributed by atoms with Crippen molar-refractivity contribution in [1.29, 1.82) is 0 Å². The molecule has 4 atom stereocenters. The van der Waals surface area contributed by atoms with Crippen LogP contribution in [0.1, 0.15) is 63.4 Å². The highest BCUT2D eigenvalue weighted by atomic mass is 32.1. The average molecular weight is 519 g/mol. The number of pyridine rings is 1. The van der Waals surface area contributed by atoms with Gasteiger partial charge in [-0.2, -0.15) is 4.98 Å². The van der Waals surface area contributed by atoms with Crippen LogP contribution in [0, 0.1) is 25.7 Å². The van der Waals surface area contributed by atoms with E-state index >= 15 is 0 Å². The van der Waals surface area contributed by atoms with Crippen LogP contribution in [-0.2, 0) is 0 Å². The second kappa shape index (κ2) is 12.0. The highest BCUT2D eigenvalue weighted by Crippen LogP contribution is 2.39. The van der Waals surface area contributed by atoms with Crippen molar-refractivity contribution in [2.45, 2.75) is 66.5 Å². The third kappa shape index (κ3) is 6.08. The molecule has 3 N–H and O–H groups in total. The molecule has 2 unspecified atom stereocenters. The molecule has 0 radical (unpaired) electrons. The normalized spacial score (nSPS) is 19.8. The van der Waals surface area contributed by atoms with E-state index in [1.165, 1.54) is 11.1 Å². The lowest BCUT2D eigenvalue weighted by molar-refractivity contribution is 0.226. The number of aliphatic hydroxyl groups excluding tert-OH is 1. The van der Waals surface area contributed by atoms with Crippen LogP contribution in [0.25, 0.3) is 20.8 Å². The Kier molecular flexibility index (Phi) is 8.71. The van der Waals surface area contributed by atoms with E-state index in [0.29, 0.717) is 17.8 Å². The second-order valence-electron chi connectivity index (χ2n) is 9.74. The van der Waals surface area contributed by atoms with Gasteiger partial charge < -0.3 is 15.7 Å². The van der Waals surface area contributed by atoms with Crippen molar-refractivity contribution in [3.8, 4) is 10.6 Å². The number of hydrogen-bond donors (Lipinski definition) is 3. The van der Waals surface area contributed by atoms with E-state index in [1.54, 1.807) is 23.7 Å². The summed E-state index contributed by atoms with van der Waals surface area (Å²) in [7, 11) is 0. The maximum absolute atomic E-state index is 9.72. The first-order valence-corrected chi connectivity index (χ1v) is 14.0. The molecule has 0 spiro atoms. The Bertz CT molecular complexity index is 1290. The number of aryl methyl sites for hydroxylation is 2. The van der Waals surface area contributed by atoms with Crippen LogP contribution >= 0.6 is 11.3 Å². The second-order valence-corrected chi connectivity index (χ2v) is 10.8. The fraction of sp³-hybridized carbons (Fsp3) is 0.448. The van der Waals surface area contributed by atoms with Crippen molar-refractivity contribution >= 4 is 33.3 Å². The molecular weight excluding hydrogens is 480 g/mol. The molecule has 1 saturated carbocycles. The first-order valence-electron chi connectivity index (χ1n) is 13.2. The first kappa shape index (κ1) is 26.9. The predicted molar refractivity (Wildman–Crippen MR) is 154 cm³/mol. The topological polar surface area (TPSA) is 95.9 Å². The van der Waals surface area contributed by atoms with Crippen LogP contribution in [0.3, 0.4) is 0 Å². The van der Waals surface area contributed by atoms with Crippen molar-refractivity contribution in [2.75, 3.05) is 17.2 Å². The summed E-state index contributed by atoms with van der Waals surface area (Å²) in [5.41, 5.74) is 5.10. The monoisotopic (exact) mass is 518 g/mol. The Balaban J connectivity index is 0.00000156. The highest BCUT2D eigenvalue weighted by molar-refractivity contribution is 7.21. The Morgan fingerprint density at radius 3 is 2.49 bits per heavy atom. The quantitative estimate of drug-likeness (QED) is 0.248. The van der Waals surface area contributed by atoms with Crippen molar-refractivity contribution < 1.29 is 5.11 Å². The number of nitrogens with zero attached hydrogens (tertiary/aromatic N) is 4. The molecular formula is C29H38N6OS. The molecule has 3 aromatic heterocycles. The van der Waals surface area contributed by atoms with E-state index in [-0.39, 0.29) is 18.7 Å².